The Bertz CT molecular complexity index is 1290. The van der Waals surface area contributed by atoms with E-state index in [1.807, 2.05) is 28.8 Å². The van der Waals surface area contributed by atoms with Crippen molar-refractivity contribution in [2.75, 3.05) is 52.9 Å². The summed E-state index contributed by atoms with van der Waals surface area (Å²) < 4.78 is 23.6. The summed E-state index contributed by atoms with van der Waals surface area (Å²) in [6.45, 7) is 4.32. The Labute approximate surface area is 228 Å². The zero-order valence-electron chi connectivity index (χ0n) is 23.0. The summed E-state index contributed by atoms with van der Waals surface area (Å²) in [5.41, 5.74) is 8.68. The van der Waals surface area contributed by atoms with Gasteiger partial charge in [-0.05, 0) is 50.9 Å². The molecule has 1 aliphatic rings. The molecule has 0 radical (unpaired) electrons. The Morgan fingerprint density at radius 2 is 1.74 bits per heavy atom. The van der Waals surface area contributed by atoms with Crippen LogP contribution in [0.15, 0.2) is 30.3 Å². The summed E-state index contributed by atoms with van der Waals surface area (Å²) in [5, 5.41) is 3.37. The van der Waals surface area contributed by atoms with Crippen molar-refractivity contribution in [3.05, 3.63) is 35.9 Å². The van der Waals surface area contributed by atoms with Gasteiger partial charge in [-0.15, -0.1) is 0 Å². The molecule has 0 saturated carbocycles. The lowest BCUT2D eigenvalue weighted by Gasteiger charge is -2.31. The molecule has 11 heteroatoms. The van der Waals surface area contributed by atoms with Crippen molar-refractivity contribution in [2.45, 2.75) is 32.7 Å². The number of methoxy groups -OCH3 is 3. The summed E-state index contributed by atoms with van der Waals surface area (Å²) in [5.74, 6) is 1.74. The number of hydrogen-bond donors (Lipinski definition) is 2. The highest BCUT2D eigenvalue weighted by Crippen LogP contribution is 2.40. The molecule has 0 unspecified atom stereocenters. The summed E-state index contributed by atoms with van der Waals surface area (Å²) in [4.78, 5) is 32.1. The Balaban J connectivity index is 1.61. The number of ether oxygens (including phenoxy) is 4. The molecule has 1 aromatic heterocycles. The van der Waals surface area contributed by atoms with Crippen LogP contribution in [-0.4, -0.2) is 73.9 Å². The van der Waals surface area contributed by atoms with Gasteiger partial charge in [0.05, 0.1) is 44.9 Å². The van der Waals surface area contributed by atoms with Gasteiger partial charge in [0.15, 0.2) is 11.5 Å². The van der Waals surface area contributed by atoms with E-state index in [0.29, 0.717) is 80.1 Å². The summed E-state index contributed by atoms with van der Waals surface area (Å²) in [6.07, 6.45) is 1.93. The molecule has 1 fully saturated rings. The SMILES string of the molecule is CCOC(=O)C1CCN(C(=O)c2ccc3nc(Nc4cc(OC)c(OC)c(OC)c4)n(CCCN)c3c2)CC1. The number of carbonyl (C=O) groups excluding carboxylic acids is 2. The molecule has 4 rings (SSSR count). The number of likely N-dealkylation sites (tertiary alicyclic amines) is 1. The van der Waals surface area contributed by atoms with Gasteiger partial charge in [-0.1, -0.05) is 0 Å². The van der Waals surface area contributed by atoms with Gasteiger partial charge < -0.3 is 39.5 Å². The number of rotatable bonds is 11. The number of anilines is 2. The number of amides is 1. The third-order valence-corrected chi connectivity index (χ3v) is 6.90. The average molecular weight is 540 g/mol. The van der Waals surface area contributed by atoms with Crippen LogP contribution in [-0.2, 0) is 16.1 Å². The lowest BCUT2D eigenvalue weighted by atomic mass is 9.96. The maximum absolute atomic E-state index is 13.4. The monoisotopic (exact) mass is 539 g/mol. The predicted octanol–water partition coefficient (Wildman–Crippen LogP) is 3.57. The molecule has 1 amide bonds. The molecule has 1 saturated heterocycles. The van der Waals surface area contributed by atoms with Crippen molar-refractivity contribution in [3.63, 3.8) is 0 Å². The lowest BCUT2D eigenvalue weighted by Crippen LogP contribution is -2.40. The third kappa shape index (κ3) is 6.03. The van der Waals surface area contributed by atoms with Crippen LogP contribution in [0.5, 0.6) is 17.2 Å². The van der Waals surface area contributed by atoms with E-state index in [1.165, 1.54) is 0 Å². The number of fused-ring (bicyclic) bond motifs is 1. The Kier molecular flexibility index (Phi) is 9.13. The average Bonchev–Trinajstić information content (AvgIpc) is 3.30. The molecule has 3 aromatic rings. The highest BCUT2D eigenvalue weighted by molar-refractivity contribution is 5.98. The highest BCUT2D eigenvalue weighted by Gasteiger charge is 2.29. The van der Waals surface area contributed by atoms with E-state index < -0.39 is 0 Å². The van der Waals surface area contributed by atoms with E-state index in [-0.39, 0.29) is 17.8 Å². The Morgan fingerprint density at radius 3 is 2.33 bits per heavy atom. The predicted molar refractivity (Wildman–Crippen MR) is 148 cm³/mol. The van der Waals surface area contributed by atoms with Crippen molar-refractivity contribution in [3.8, 4) is 17.2 Å². The van der Waals surface area contributed by atoms with Crippen molar-refractivity contribution in [2.24, 2.45) is 11.7 Å². The number of benzene rings is 2. The smallest absolute Gasteiger partial charge is 0.309 e. The first kappa shape index (κ1) is 28.0. The second kappa shape index (κ2) is 12.7. The van der Waals surface area contributed by atoms with Crippen molar-refractivity contribution in [1.29, 1.82) is 0 Å². The van der Waals surface area contributed by atoms with E-state index in [0.717, 1.165) is 17.5 Å². The molecule has 0 spiro atoms. The molecule has 3 N–H and O–H groups in total. The molecule has 2 aromatic carbocycles. The normalized spacial score (nSPS) is 13.8. The first-order valence-corrected chi connectivity index (χ1v) is 13.2. The van der Waals surface area contributed by atoms with Gasteiger partial charge in [0.25, 0.3) is 5.91 Å². The molecule has 210 valence electrons. The van der Waals surface area contributed by atoms with E-state index in [4.69, 9.17) is 29.7 Å². The highest BCUT2D eigenvalue weighted by atomic mass is 16.5. The van der Waals surface area contributed by atoms with Crippen LogP contribution in [0.1, 0.15) is 36.5 Å². The first-order valence-electron chi connectivity index (χ1n) is 13.2. The van der Waals surface area contributed by atoms with Gasteiger partial charge in [-0.2, -0.15) is 0 Å². The van der Waals surface area contributed by atoms with Crippen molar-refractivity contribution in [1.82, 2.24) is 14.5 Å². The van der Waals surface area contributed by atoms with Gasteiger partial charge in [0.2, 0.25) is 11.7 Å². The summed E-state index contributed by atoms with van der Waals surface area (Å²) in [7, 11) is 4.69. The van der Waals surface area contributed by atoms with Crippen LogP contribution >= 0.6 is 0 Å². The third-order valence-electron chi connectivity index (χ3n) is 6.90. The zero-order chi connectivity index (χ0) is 27.9. The van der Waals surface area contributed by atoms with Crippen LogP contribution in [0.3, 0.4) is 0 Å². The number of piperidine rings is 1. The number of esters is 1. The van der Waals surface area contributed by atoms with Gasteiger partial charge in [0.1, 0.15) is 0 Å². The molecule has 1 aliphatic heterocycles. The molecular weight excluding hydrogens is 502 g/mol. The summed E-state index contributed by atoms with van der Waals surface area (Å²) in [6, 6.07) is 9.14. The fraction of sp³-hybridized carbons (Fsp3) is 0.464. The van der Waals surface area contributed by atoms with Gasteiger partial charge in [0, 0.05) is 43.0 Å². The molecule has 39 heavy (non-hydrogen) atoms. The number of hydrogen-bond acceptors (Lipinski definition) is 9. The zero-order valence-corrected chi connectivity index (χ0v) is 23.0. The maximum atomic E-state index is 13.4. The fourth-order valence-electron chi connectivity index (χ4n) is 4.87. The maximum Gasteiger partial charge on any atom is 0.309 e. The fourth-order valence-corrected chi connectivity index (χ4v) is 4.87. The van der Waals surface area contributed by atoms with E-state index in [9.17, 15) is 9.59 Å². The second-order valence-electron chi connectivity index (χ2n) is 9.29. The van der Waals surface area contributed by atoms with Crippen LogP contribution in [0.2, 0.25) is 0 Å². The van der Waals surface area contributed by atoms with Crippen LogP contribution < -0.4 is 25.3 Å². The minimum Gasteiger partial charge on any atom is -0.493 e. The van der Waals surface area contributed by atoms with Gasteiger partial charge in [-0.3, -0.25) is 9.59 Å². The van der Waals surface area contributed by atoms with Gasteiger partial charge in [-0.25, -0.2) is 4.98 Å². The molecule has 0 bridgehead atoms. The molecule has 2 heterocycles. The van der Waals surface area contributed by atoms with Gasteiger partial charge >= 0.3 is 5.97 Å². The standard InChI is InChI=1S/C28H37N5O6/c1-5-39-27(35)18-9-13-32(14-10-18)26(34)19-7-8-21-22(15-19)33(12-6-11-29)28(31-21)30-20-16-23(36-2)25(38-4)24(17-20)37-3/h7-8,15-18H,5-6,9-14,29H2,1-4H3,(H,30,31). The number of nitrogens with one attached hydrogen (secondary N) is 1. The quantitative estimate of drug-likeness (QED) is 0.351. The number of nitrogens with two attached hydrogens (primary N) is 1. The number of aryl methyl sites for hydroxylation is 1. The van der Waals surface area contributed by atoms with Crippen molar-refractivity contribution < 1.29 is 28.5 Å². The molecule has 0 atom stereocenters. The van der Waals surface area contributed by atoms with Crippen LogP contribution in [0.25, 0.3) is 11.0 Å². The van der Waals surface area contributed by atoms with Crippen molar-refractivity contribution >= 4 is 34.5 Å². The molecule has 0 aliphatic carbocycles. The summed E-state index contributed by atoms with van der Waals surface area (Å²) >= 11 is 0. The lowest BCUT2D eigenvalue weighted by molar-refractivity contribution is -0.149. The molecular formula is C28H37N5O6. The number of imidazole rings is 1. The first-order chi connectivity index (χ1) is 18.9. The van der Waals surface area contributed by atoms with E-state index >= 15 is 0 Å². The minimum absolute atomic E-state index is 0.0649. The Morgan fingerprint density at radius 1 is 1.05 bits per heavy atom. The van der Waals surface area contributed by atoms with E-state index in [2.05, 4.69) is 5.32 Å². The van der Waals surface area contributed by atoms with Crippen LogP contribution in [0.4, 0.5) is 11.6 Å². The number of carbonyl (C=O) groups is 2. The van der Waals surface area contributed by atoms with Crippen LogP contribution in [0, 0.1) is 5.92 Å². The minimum atomic E-state index is -0.179. The second-order valence-corrected chi connectivity index (χ2v) is 9.29. The largest absolute Gasteiger partial charge is 0.493 e. The van der Waals surface area contributed by atoms with E-state index in [1.54, 1.807) is 39.2 Å². The number of nitrogens with zero attached hydrogens (tertiary/aromatic N) is 3. The molecule has 11 nitrogen and oxygen atoms in total. The topological polar surface area (TPSA) is 130 Å². The Hall–Kier alpha value is -3.99. The number of aromatic nitrogens is 2.